The fourth-order valence-corrected chi connectivity index (χ4v) is 3.35. The van der Waals surface area contributed by atoms with Crippen molar-refractivity contribution in [1.29, 1.82) is 0 Å². The number of epoxide rings is 1. The van der Waals surface area contributed by atoms with Gasteiger partial charge in [-0.1, -0.05) is 72.8 Å². The molecule has 1 aliphatic heterocycles. The van der Waals surface area contributed by atoms with Crippen molar-refractivity contribution in [1.82, 2.24) is 4.90 Å². The second-order valence-electron chi connectivity index (χ2n) is 6.92. The number of carbonyl (C=O) groups excluding carboxylic acids is 1. The van der Waals surface area contributed by atoms with E-state index >= 15 is 0 Å². The van der Waals surface area contributed by atoms with Gasteiger partial charge in [0.15, 0.2) is 6.10 Å². The summed E-state index contributed by atoms with van der Waals surface area (Å²) in [5, 5.41) is 0. The number of rotatable bonds is 7. The maximum atomic E-state index is 13.2. The Kier molecular flexibility index (Phi) is 5.40. The number of ether oxygens (including phenoxy) is 2. The number of carbonyl (C=O) groups is 1. The highest BCUT2D eigenvalue weighted by Crippen LogP contribution is 2.40. The minimum atomic E-state index is -0.430. The number of benzene rings is 3. The number of hydrogen-bond acceptors (Lipinski definition) is 3. The van der Waals surface area contributed by atoms with Crippen molar-refractivity contribution >= 4 is 5.91 Å². The monoisotopic (exact) mass is 373 g/mol. The van der Waals surface area contributed by atoms with E-state index < -0.39 is 6.10 Å². The van der Waals surface area contributed by atoms with Gasteiger partial charge in [-0.15, -0.1) is 0 Å². The van der Waals surface area contributed by atoms with Crippen LogP contribution in [0.5, 0.6) is 5.75 Å². The van der Waals surface area contributed by atoms with Crippen LogP contribution in [0.4, 0.5) is 0 Å². The van der Waals surface area contributed by atoms with Gasteiger partial charge in [-0.05, 0) is 28.8 Å². The van der Waals surface area contributed by atoms with Crippen molar-refractivity contribution in [3.05, 3.63) is 102 Å². The zero-order valence-corrected chi connectivity index (χ0v) is 15.8. The third kappa shape index (κ3) is 4.24. The van der Waals surface area contributed by atoms with Crippen LogP contribution in [0, 0.1) is 0 Å². The first-order chi connectivity index (χ1) is 13.7. The molecule has 0 aliphatic carbocycles. The van der Waals surface area contributed by atoms with E-state index in [1.807, 2.05) is 89.8 Å². The molecule has 4 nitrogen and oxygen atoms in total. The average molecular weight is 373 g/mol. The predicted octanol–water partition coefficient (Wildman–Crippen LogP) is 4.36. The van der Waals surface area contributed by atoms with Gasteiger partial charge in [0.2, 0.25) is 0 Å². The first kappa shape index (κ1) is 18.3. The largest absolute Gasteiger partial charge is 0.497 e. The highest BCUT2D eigenvalue weighted by molar-refractivity contribution is 5.84. The number of amides is 1. The number of nitrogens with zero attached hydrogens (tertiary/aromatic N) is 1. The summed E-state index contributed by atoms with van der Waals surface area (Å²) >= 11 is 0. The summed E-state index contributed by atoms with van der Waals surface area (Å²) in [4.78, 5) is 15.1. The summed E-state index contributed by atoms with van der Waals surface area (Å²) in [5.41, 5.74) is 3.21. The minimum absolute atomic E-state index is 0.0218. The van der Waals surface area contributed by atoms with Gasteiger partial charge in [-0.25, -0.2) is 0 Å². The Bertz CT molecular complexity index is 868. The Morgan fingerprint density at radius 3 is 1.89 bits per heavy atom. The maximum Gasteiger partial charge on any atom is 0.255 e. The standard InChI is InChI=1S/C24H23NO3/c1-27-21-14-12-20(13-15-21)22-23(28-22)24(26)25(16-18-8-4-2-5-9-18)17-19-10-6-3-7-11-19/h2-15,22-23H,16-17H2,1H3/t22-,23-/m1/s1. The average Bonchev–Trinajstić information content (AvgIpc) is 3.55. The molecule has 3 aromatic carbocycles. The summed E-state index contributed by atoms with van der Waals surface area (Å²) in [6.45, 7) is 1.12. The Morgan fingerprint density at radius 2 is 1.39 bits per heavy atom. The second-order valence-corrected chi connectivity index (χ2v) is 6.92. The molecule has 0 unspecified atom stereocenters. The van der Waals surface area contributed by atoms with Gasteiger partial charge in [0.1, 0.15) is 11.9 Å². The molecule has 4 heteroatoms. The Morgan fingerprint density at radius 1 is 0.857 bits per heavy atom. The lowest BCUT2D eigenvalue weighted by Crippen LogP contribution is -2.33. The van der Waals surface area contributed by atoms with Crippen LogP contribution in [0.1, 0.15) is 22.8 Å². The van der Waals surface area contributed by atoms with Gasteiger partial charge in [-0.2, -0.15) is 0 Å². The van der Waals surface area contributed by atoms with Crippen molar-refractivity contribution < 1.29 is 14.3 Å². The van der Waals surface area contributed by atoms with E-state index in [2.05, 4.69) is 0 Å². The van der Waals surface area contributed by atoms with Crippen LogP contribution in [-0.4, -0.2) is 24.0 Å². The van der Waals surface area contributed by atoms with Gasteiger partial charge in [0, 0.05) is 13.1 Å². The first-order valence-corrected chi connectivity index (χ1v) is 9.40. The predicted molar refractivity (Wildman–Crippen MR) is 108 cm³/mol. The lowest BCUT2D eigenvalue weighted by molar-refractivity contribution is -0.133. The molecule has 142 valence electrons. The third-order valence-electron chi connectivity index (χ3n) is 4.92. The molecular weight excluding hydrogens is 350 g/mol. The molecule has 1 saturated heterocycles. The molecule has 0 saturated carbocycles. The molecule has 2 atom stereocenters. The summed E-state index contributed by atoms with van der Waals surface area (Å²) in [5.74, 6) is 0.815. The van der Waals surface area contributed by atoms with E-state index in [1.165, 1.54) is 0 Å². The smallest absolute Gasteiger partial charge is 0.255 e. The molecule has 28 heavy (non-hydrogen) atoms. The van der Waals surface area contributed by atoms with E-state index in [9.17, 15) is 4.79 Å². The molecule has 1 aliphatic rings. The van der Waals surface area contributed by atoms with Crippen molar-refractivity contribution in [3.8, 4) is 5.75 Å². The van der Waals surface area contributed by atoms with E-state index in [4.69, 9.17) is 9.47 Å². The molecule has 0 aromatic heterocycles. The van der Waals surface area contributed by atoms with Gasteiger partial charge in [-0.3, -0.25) is 4.79 Å². The first-order valence-electron chi connectivity index (χ1n) is 9.40. The summed E-state index contributed by atoms with van der Waals surface area (Å²) in [6, 6.07) is 27.8. The summed E-state index contributed by atoms with van der Waals surface area (Å²) in [7, 11) is 1.64. The topological polar surface area (TPSA) is 42.1 Å². The normalized spacial score (nSPS) is 17.8. The van der Waals surface area contributed by atoms with Gasteiger partial charge >= 0.3 is 0 Å². The molecule has 1 heterocycles. The van der Waals surface area contributed by atoms with Crippen LogP contribution in [-0.2, 0) is 22.6 Å². The van der Waals surface area contributed by atoms with Crippen molar-refractivity contribution in [2.45, 2.75) is 25.3 Å². The van der Waals surface area contributed by atoms with Crippen LogP contribution >= 0.6 is 0 Å². The highest BCUT2D eigenvalue weighted by Gasteiger charge is 2.47. The third-order valence-corrected chi connectivity index (χ3v) is 4.92. The van der Waals surface area contributed by atoms with Crippen molar-refractivity contribution in [3.63, 3.8) is 0 Å². The quantitative estimate of drug-likeness (QED) is 0.578. The van der Waals surface area contributed by atoms with E-state index in [-0.39, 0.29) is 12.0 Å². The van der Waals surface area contributed by atoms with E-state index in [0.717, 1.165) is 22.4 Å². The van der Waals surface area contributed by atoms with E-state index in [0.29, 0.717) is 13.1 Å². The van der Waals surface area contributed by atoms with Crippen molar-refractivity contribution in [2.24, 2.45) is 0 Å². The number of hydrogen-bond donors (Lipinski definition) is 0. The molecule has 1 amide bonds. The zero-order chi connectivity index (χ0) is 19.3. The fraction of sp³-hybridized carbons (Fsp3) is 0.208. The fourth-order valence-electron chi connectivity index (χ4n) is 3.35. The molecule has 3 aromatic rings. The van der Waals surface area contributed by atoms with Crippen LogP contribution in [0.25, 0.3) is 0 Å². The maximum absolute atomic E-state index is 13.2. The molecule has 0 N–H and O–H groups in total. The Labute approximate surface area is 165 Å². The van der Waals surface area contributed by atoms with Crippen LogP contribution in [0.2, 0.25) is 0 Å². The lowest BCUT2D eigenvalue weighted by atomic mass is 10.1. The highest BCUT2D eigenvalue weighted by atomic mass is 16.6. The SMILES string of the molecule is COc1ccc([C@H]2O[C@H]2C(=O)N(Cc2ccccc2)Cc2ccccc2)cc1. The van der Waals surface area contributed by atoms with Crippen molar-refractivity contribution in [2.75, 3.05) is 7.11 Å². The number of methoxy groups -OCH3 is 1. The molecule has 0 radical (unpaired) electrons. The molecule has 0 spiro atoms. The summed E-state index contributed by atoms with van der Waals surface area (Å²) in [6.07, 6.45) is -0.617. The Balaban J connectivity index is 1.49. The molecular formula is C24H23NO3. The molecule has 1 fully saturated rings. The van der Waals surface area contributed by atoms with Crippen LogP contribution in [0.15, 0.2) is 84.9 Å². The second kappa shape index (κ2) is 8.28. The molecule has 4 rings (SSSR count). The molecule has 0 bridgehead atoms. The Hall–Kier alpha value is -3.11. The summed E-state index contributed by atoms with van der Waals surface area (Å²) < 4.78 is 11.0. The minimum Gasteiger partial charge on any atom is -0.497 e. The zero-order valence-electron chi connectivity index (χ0n) is 15.8. The van der Waals surface area contributed by atoms with Crippen LogP contribution < -0.4 is 4.74 Å². The van der Waals surface area contributed by atoms with Gasteiger partial charge in [0.05, 0.1) is 7.11 Å². The lowest BCUT2D eigenvalue weighted by Gasteiger charge is -2.22. The van der Waals surface area contributed by atoms with Gasteiger partial charge in [0.25, 0.3) is 5.91 Å². The van der Waals surface area contributed by atoms with E-state index in [1.54, 1.807) is 7.11 Å². The van der Waals surface area contributed by atoms with Crippen LogP contribution in [0.3, 0.4) is 0 Å². The van der Waals surface area contributed by atoms with Gasteiger partial charge < -0.3 is 14.4 Å².